The lowest BCUT2D eigenvalue weighted by Crippen LogP contribution is -2.02. The number of benzene rings is 1. The number of hydrogen-bond donors (Lipinski definition) is 2. The van der Waals surface area contributed by atoms with Crippen molar-refractivity contribution in [1.29, 1.82) is 0 Å². The van der Waals surface area contributed by atoms with Crippen molar-refractivity contribution in [1.82, 2.24) is 4.98 Å². The molecule has 0 radical (unpaired) electrons. The van der Waals surface area contributed by atoms with Crippen LogP contribution in [-0.4, -0.2) is 12.0 Å². The standard InChI is InChI=1S/C13H11Cl2F2N3/c1-6-3-10(17)11(5-9(6)16)19-13-8(15)4-7(14)12(18-2)20-13/h3-5H,1-2H3,(H2,18,19,20). The van der Waals surface area contributed by atoms with Crippen molar-refractivity contribution in [2.24, 2.45) is 0 Å². The minimum atomic E-state index is -0.595. The zero-order chi connectivity index (χ0) is 14.9. The normalized spacial score (nSPS) is 10.5. The summed E-state index contributed by atoms with van der Waals surface area (Å²) in [7, 11) is 1.64. The Kier molecular flexibility index (Phi) is 4.30. The molecule has 7 heteroatoms. The summed E-state index contributed by atoms with van der Waals surface area (Å²) in [6.45, 7) is 1.48. The SMILES string of the molecule is CNc1nc(Nc2cc(F)c(C)cc2F)c(Cl)cc1Cl. The number of aryl methyl sites for hydroxylation is 1. The fourth-order valence-electron chi connectivity index (χ4n) is 1.60. The summed E-state index contributed by atoms with van der Waals surface area (Å²) in [6, 6.07) is 3.61. The largest absolute Gasteiger partial charge is 0.372 e. The number of hydrogen-bond acceptors (Lipinski definition) is 3. The molecule has 106 valence electrons. The van der Waals surface area contributed by atoms with Crippen LogP contribution in [0.5, 0.6) is 0 Å². The van der Waals surface area contributed by atoms with E-state index < -0.39 is 11.6 Å². The van der Waals surface area contributed by atoms with Gasteiger partial charge in [0, 0.05) is 13.1 Å². The molecule has 0 aliphatic rings. The van der Waals surface area contributed by atoms with Crippen LogP contribution in [0.15, 0.2) is 18.2 Å². The Morgan fingerprint density at radius 1 is 1.00 bits per heavy atom. The van der Waals surface area contributed by atoms with Crippen LogP contribution < -0.4 is 10.6 Å². The Morgan fingerprint density at radius 3 is 2.30 bits per heavy atom. The van der Waals surface area contributed by atoms with Gasteiger partial charge in [0.05, 0.1) is 15.7 Å². The molecular weight excluding hydrogens is 307 g/mol. The molecule has 0 amide bonds. The first-order valence-corrected chi connectivity index (χ1v) is 6.44. The van der Waals surface area contributed by atoms with Gasteiger partial charge in [0.2, 0.25) is 0 Å². The van der Waals surface area contributed by atoms with Crippen LogP contribution in [0.1, 0.15) is 5.56 Å². The van der Waals surface area contributed by atoms with Gasteiger partial charge in [0.1, 0.15) is 17.5 Å². The van der Waals surface area contributed by atoms with E-state index in [-0.39, 0.29) is 22.1 Å². The molecule has 20 heavy (non-hydrogen) atoms. The van der Waals surface area contributed by atoms with Gasteiger partial charge < -0.3 is 10.6 Å². The second kappa shape index (κ2) is 5.81. The van der Waals surface area contributed by atoms with Crippen LogP contribution in [0.25, 0.3) is 0 Å². The lowest BCUT2D eigenvalue weighted by molar-refractivity contribution is 0.595. The monoisotopic (exact) mass is 317 g/mol. The molecule has 1 heterocycles. The average Bonchev–Trinajstić information content (AvgIpc) is 2.38. The summed E-state index contributed by atoms with van der Waals surface area (Å²) in [4.78, 5) is 4.10. The first kappa shape index (κ1) is 14.8. The zero-order valence-electron chi connectivity index (χ0n) is 10.7. The highest BCUT2D eigenvalue weighted by Gasteiger charge is 2.12. The van der Waals surface area contributed by atoms with Gasteiger partial charge >= 0.3 is 0 Å². The summed E-state index contributed by atoms with van der Waals surface area (Å²) >= 11 is 11.9. The molecule has 0 unspecified atom stereocenters. The lowest BCUT2D eigenvalue weighted by atomic mass is 10.2. The van der Waals surface area contributed by atoms with Crippen LogP contribution in [-0.2, 0) is 0 Å². The maximum absolute atomic E-state index is 13.8. The quantitative estimate of drug-likeness (QED) is 0.857. The third kappa shape index (κ3) is 2.94. The molecule has 2 rings (SSSR count). The fraction of sp³-hybridized carbons (Fsp3) is 0.154. The Labute approximate surface area is 124 Å². The number of halogens is 4. The number of nitrogens with zero attached hydrogens (tertiary/aromatic N) is 1. The number of pyridine rings is 1. The van der Waals surface area contributed by atoms with E-state index in [0.717, 1.165) is 12.1 Å². The van der Waals surface area contributed by atoms with Crippen molar-refractivity contribution in [2.45, 2.75) is 6.92 Å². The summed E-state index contributed by atoms with van der Waals surface area (Å²) in [5.41, 5.74) is 0.172. The van der Waals surface area contributed by atoms with Crippen LogP contribution in [0, 0.1) is 18.6 Å². The van der Waals surface area contributed by atoms with Gasteiger partial charge in [-0.15, -0.1) is 0 Å². The molecule has 2 aromatic rings. The number of anilines is 3. The molecule has 2 N–H and O–H groups in total. The predicted molar refractivity (Wildman–Crippen MR) is 78.2 cm³/mol. The third-order valence-corrected chi connectivity index (χ3v) is 3.24. The highest BCUT2D eigenvalue weighted by molar-refractivity contribution is 6.37. The van der Waals surface area contributed by atoms with E-state index in [2.05, 4.69) is 15.6 Å². The molecule has 0 atom stereocenters. The van der Waals surface area contributed by atoms with E-state index in [1.54, 1.807) is 7.05 Å². The van der Waals surface area contributed by atoms with E-state index >= 15 is 0 Å². The second-order valence-corrected chi connectivity index (χ2v) is 4.92. The molecule has 0 fully saturated rings. The van der Waals surface area contributed by atoms with Crippen LogP contribution in [0.4, 0.5) is 26.1 Å². The Balaban J connectivity index is 2.42. The van der Waals surface area contributed by atoms with Crippen molar-refractivity contribution in [2.75, 3.05) is 17.7 Å². The third-order valence-electron chi connectivity index (χ3n) is 2.67. The van der Waals surface area contributed by atoms with Gasteiger partial charge in [-0.25, -0.2) is 13.8 Å². The van der Waals surface area contributed by atoms with Crippen LogP contribution in [0.2, 0.25) is 10.0 Å². The Morgan fingerprint density at radius 2 is 1.65 bits per heavy atom. The van der Waals surface area contributed by atoms with E-state index in [0.29, 0.717) is 10.8 Å². The smallest absolute Gasteiger partial charge is 0.151 e. The summed E-state index contributed by atoms with van der Waals surface area (Å²) in [6.07, 6.45) is 0. The topological polar surface area (TPSA) is 37.0 Å². The predicted octanol–water partition coefficient (Wildman–Crippen LogP) is 4.76. The van der Waals surface area contributed by atoms with E-state index in [4.69, 9.17) is 23.2 Å². The van der Waals surface area contributed by atoms with Crippen molar-refractivity contribution >= 4 is 40.5 Å². The summed E-state index contributed by atoms with van der Waals surface area (Å²) in [5.74, 6) is -0.551. The highest BCUT2D eigenvalue weighted by Crippen LogP contribution is 2.31. The second-order valence-electron chi connectivity index (χ2n) is 4.11. The maximum Gasteiger partial charge on any atom is 0.151 e. The number of rotatable bonds is 3. The fourth-order valence-corrected chi connectivity index (χ4v) is 2.10. The number of nitrogens with one attached hydrogen (secondary N) is 2. The first-order chi connectivity index (χ1) is 9.42. The Hall–Kier alpha value is -1.59. The van der Waals surface area contributed by atoms with Gasteiger partial charge in [-0.3, -0.25) is 0 Å². The first-order valence-electron chi connectivity index (χ1n) is 5.69. The summed E-state index contributed by atoms with van der Waals surface area (Å²) < 4.78 is 27.2. The summed E-state index contributed by atoms with van der Waals surface area (Å²) in [5, 5.41) is 5.96. The lowest BCUT2D eigenvalue weighted by Gasteiger charge is -2.12. The molecule has 0 bridgehead atoms. The van der Waals surface area contributed by atoms with Gasteiger partial charge in [0.25, 0.3) is 0 Å². The molecule has 0 spiro atoms. The van der Waals surface area contributed by atoms with E-state index in [1.165, 1.54) is 13.0 Å². The molecule has 1 aromatic heterocycles. The van der Waals surface area contributed by atoms with Crippen molar-refractivity contribution in [3.8, 4) is 0 Å². The van der Waals surface area contributed by atoms with Gasteiger partial charge in [-0.2, -0.15) is 0 Å². The van der Waals surface area contributed by atoms with Crippen LogP contribution >= 0.6 is 23.2 Å². The van der Waals surface area contributed by atoms with Gasteiger partial charge in [0.15, 0.2) is 5.82 Å². The number of aromatic nitrogens is 1. The zero-order valence-corrected chi connectivity index (χ0v) is 12.2. The van der Waals surface area contributed by atoms with Gasteiger partial charge in [-0.1, -0.05) is 23.2 Å². The maximum atomic E-state index is 13.8. The minimum absolute atomic E-state index is 0.0492. The molecule has 0 saturated heterocycles. The molecular formula is C13H11Cl2F2N3. The average molecular weight is 318 g/mol. The molecule has 0 aliphatic carbocycles. The Bertz CT molecular complexity index is 663. The van der Waals surface area contributed by atoms with Crippen molar-refractivity contribution in [3.05, 3.63) is 45.4 Å². The molecule has 0 aliphatic heterocycles. The van der Waals surface area contributed by atoms with Crippen molar-refractivity contribution < 1.29 is 8.78 Å². The molecule has 0 saturated carbocycles. The van der Waals surface area contributed by atoms with Crippen molar-refractivity contribution in [3.63, 3.8) is 0 Å². The van der Waals surface area contributed by atoms with E-state index in [9.17, 15) is 8.78 Å². The minimum Gasteiger partial charge on any atom is -0.372 e. The van der Waals surface area contributed by atoms with E-state index in [1.807, 2.05) is 0 Å². The van der Waals surface area contributed by atoms with Gasteiger partial charge in [-0.05, 0) is 24.6 Å². The van der Waals surface area contributed by atoms with Crippen LogP contribution in [0.3, 0.4) is 0 Å². The highest BCUT2D eigenvalue weighted by atomic mass is 35.5. The molecule has 3 nitrogen and oxygen atoms in total. The molecule has 1 aromatic carbocycles.